The summed E-state index contributed by atoms with van der Waals surface area (Å²) in [4.78, 5) is 41.0. The highest BCUT2D eigenvalue weighted by Crippen LogP contribution is 2.43. The molecule has 1 aromatic heterocycles. The van der Waals surface area contributed by atoms with E-state index in [0.717, 1.165) is 5.39 Å². The topological polar surface area (TPSA) is 68.6 Å². The number of rotatable bonds is 0. The smallest absolute Gasteiger partial charge is 0.279 e. The minimum Gasteiger partial charge on any atom is -0.468 e. The van der Waals surface area contributed by atoms with Crippen molar-refractivity contribution in [3.8, 4) is 5.75 Å². The summed E-state index contributed by atoms with van der Waals surface area (Å²) in [6.07, 6.45) is 0.449. The first-order valence-electron chi connectivity index (χ1n) is 9.17. The first-order valence-corrected chi connectivity index (χ1v) is 9.17. The van der Waals surface area contributed by atoms with E-state index in [-0.39, 0.29) is 17.8 Å². The molecule has 140 valence electrons. The third-order valence-electron chi connectivity index (χ3n) is 5.88. The highest BCUT2D eigenvalue weighted by Gasteiger charge is 2.56. The number of anilines is 1. The van der Waals surface area contributed by atoms with Gasteiger partial charge in [0.1, 0.15) is 5.75 Å². The van der Waals surface area contributed by atoms with E-state index < -0.39 is 11.5 Å². The molecule has 0 radical (unpaired) electrons. The van der Waals surface area contributed by atoms with Crippen LogP contribution in [0.1, 0.15) is 22.3 Å². The molecule has 28 heavy (non-hydrogen) atoms. The zero-order valence-electron chi connectivity index (χ0n) is 15.6. The molecular weight excluding hydrogens is 356 g/mol. The van der Waals surface area contributed by atoms with Crippen LogP contribution in [0.2, 0.25) is 0 Å². The fourth-order valence-electron chi connectivity index (χ4n) is 4.36. The molecule has 0 bridgehead atoms. The van der Waals surface area contributed by atoms with E-state index >= 15 is 0 Å². The molecule has 0 N–H and O–H groups in total. The zero-order valence-corrected chi connectivity index (χ0v) is 15.6. The Kier molecular flexibility index (Phi) is 3.32. The van der Waals surface area contributed by atoms with E-state index in [1.165, 1.54) is 4.90 Å². The lowest BCUT2D eigenvalue weighted by molar-refractivity contribution is -0.131. The van der Waals surface area contributed by atoms with Gasteiger partial charge in [0.25, 0.3) is 11.5 Å². The van der Waals surface area contributed by atoms with Crippen molar-refractivity contribution in [1.29, 1.82) is 0 Å². The van der Waals surface area contributed by atoms with Crippen molar-refractivity contribution >= 4 is 28.3 Å². The van der Waals surface area contributed by atoms with Gasteiger partial charge in [-0.25, -0.2) is 0 Å². The summed E-state index contributed by atoms with van der Waals surface area (Å²) in [5.41, 5.74) is 0.452. The molecule has 0 saturated heterocycles. The van der Waals surface area contributed by atoms with Gasteiger partial charge in [0.2, 0.25) is 11.4 Å². The van der Waals surface area contributed by atoms with E-state index in [2.05, 4.69) is 0 Å². The highest BCUT2D eigenvalue weighted by molar-refractivity contribution is 6.27. The predicted molar refractivity (Wildman–Crippen MR) is 105 cm³/mol. The van der Waals surface area contributed by atoms with Crippen LogP contribution in [0, 0.1) is 0 Å². The Morgan fingerprint density at radius 3 is 2.50 bits per heavy atom. The highest BCUT2D eigenvalue weighted by atomic mass is 16.5. The molecule has 2 aromatic carbocycles. The van der Waals surface area contributed by atoms with Crippen molar-refractivity contribution in [1.82, 2.24) is 4.57 Å². The number of carbonyl (C=O) groups is 2. The molecule has 3 heterocycles. The number of likely N-dealkylation sites (N-methyl/N-ethyl adjacent to an activating group) is 1. The molecule has 3 aromatic rings. The van der Waals surface area contributed by atoms with Gasteiger partial charge in [-0.05, 0) is 30.7 Å². The molecular formula is C22H18N2O4. The Balaban J connectivity index is 1.76. The maximum atomic E-state index is 13.4. The molecule has 5 rings (SSSR count). The van der Waals surface area contributed by atoms with E-state index in [4.69, 9.17) is 4.74 Å². The van der Waals surface area contributed by atoms with Gasteiger partial charge in [0.15, 0.2) is 0 Å². The summed E-state index contributed by atoms with van der Waals surface area (Å²) >= 11 is 0. The zero-order chi connectivity index (χ0) is 19.6. The average Bonchev–Trinajstić information content (AvgIpc) is 2.74. The van der Waals surface area contributed by atoms with Crippen molar-refractivity contribution < 1.29 is 14.3 Å². The van der Waals surface area contributed by atoms with Gasteiger partial charge in [0.05, 0.1) is 16.8 Å². The summed E-state index contributed by atoms with van der Waals surface area (Å²) in [5.74, 6) is -0.396. The summed E-state index contributed by atoms with van der Waals surface area (Å²) in [6, 6.07) is 14.4. The second-order valence-electron chi connectivity index (χ2n) is 7.33. The number of ether oxygens (including phenoxy) is 1. The lowest BCUT2D eigenvalue weighted by Crippen LogP contribution is -2.62. The third-order valence-corrected chi connectivity index (χ3v) is 5.88. The number of hydrogen-bond acceptors (Lipinski definition) is 4. The Bertz CT molecular complexity index is 1240. The maximum Gasteiger partial charge on any atom is 0.279 e. The largest absolute Gasteiger partial charge is 0.468 e. The lowest BCUT2D eigenvalue weighted by atomic mass is 9.80. The molecule has 0 saturated carbocycles. The van der Waals surface area contributed by atoms with Crippen LogP contribution in [0.5, 0.6) is 5.75 Å². The number of pyridine rings is 1. The van der Waals surface area contributed by atoms with Crippen LogP contribution in [0.25, 0.3) is 10.9 Å². The van der Waals surface area contributed by atoms with Gasteiger partial charge in [-0.1, -0.05) is 24.3 Å². The molecule has 2 aliphatic heterocycles. The van der Waals surface area contributed by atoms with Crippen LogP contribution in [0.4, 0.5) is 5.69 Å². The van der Waals surface area contributed by atoms with Crippen LogP contribution >= 0.6 is 0 Å². The number of carbonyl (C=O) groups excluding carboxylic acids is 2. The summed E-state index contributed by atoms with van der Waals surface area (Å²) in [7, 11) is 3.37. The van der Waals surface area contributed by atoms with E-state index in [0.29, 0.717) is 34.5 Å². The minimum absolute atomic E-state index is 0.143. The van der Waals surface area contributed by atoms with Crippen molar-refractivity contribution in [2.24, 2.45) is 7.05 Å². The summed E-state index contributed by atoms with van der Waals surface area (Å²) in [6.45, 7) is 0. The molecule has 6 nitrogen and oxygen atoms in total. The number of fused-ring (bicyclic) bond motifs is 4. The van der Waals surface area contributed by atoms with Crippen LogP contribution in [0.15, 0.2) is 53.3 Å². The quantitative estimate of drug-likeness (QED) is 0.567. The molecule has 1 unspecified atom stereocenters. The number of Topliss-reactive ketones (excluding diaryl/α,β-unsaturated/α-hetero) is 1. The molecule has 1 amide bonds. The van der Waals surface area contributed by atoms with E-state index in [1.807, 2.05) is 24.3 Å². The molecule has 0 fully saturated rings. The summed E-state index contributed by atoms with van der Waals surface area (Å²) in [5, 5.41) is 0.723. The average molecular weight is 374 g/mol. The first kappa shape index (κ1) is 16.7. The number of ketones is 1. The van der Waals surface area contributed by atoms with Crippen molar-refractivity contribution in [2.75, 3.05) is 11.9 Å². The van der Waals surface area contributed by atoms with Crippen molar-refractivity contribution in [3.63, 3.8) is 0 Å². The number of hydrogen-bond donors (Lipinski definition) is 0. The van der Waals surface area contributed by atoms with Crippen LogP contribution in [-0.4, -0.2) is 28.9 Å². The summed E-state index contributed by atoms with van der Waals surface area (Å²) < 4.78 is 7.79. The van der Waals surface area contributed by atoms with Crippen LogP contribution in [0.3, 0.4) is 0 Å². The fourth-order valence-corrected chi connectivity index (χ4v) is 4.36. The molecule has 1 spiro atoms. The van der Waals surface area contributed by atoms with Gasteiger partial charge in [0, 0.05) is 31.5 Å². The van der Waals surface area contributed by atoms with Gasteiger partial charge in [-0.3, -0.25) is 14.4 Å². The van der Waals surface area contributed by atoms with E-state index in [9.17, 15) is 14.4 Å². The van der Waals surface area contributed by atoms with Crippen molar-refractivity contribution in [3.05, 3.63) is 70.0 Å². The number of benzene rings is 2. The third kappa shape index (κ3) is 1.94. The first-order chi connectivity index (χ1) is 13.5. The molecule has 0 aliphatic carbocycles. The standard InChI is InChI=1S/C22H18N2O4/c1-23-16-9-5-3-7-13(16)18-15(20(23)26)11-12-22(28-18)19(25)14-8-4-6-10-17(14)24(2)21(22)27/h3-10H,11-12H2,1-2H3. The number of amides is 1. The Morgan fingerprint density at radius 2 is 1.68 bits per heavy atom. The lowest BCUT2D eigenvalue weighted by Gasteiger charge is -2.42. The number of para-hydroxylation sites is 2. The fraction of sp³-hybridized carbons (Fsp3) is 0.227. The molecule has 1 atom stereocenters. The maximum absolute atomic E-state index is 13.4. The van der Waals surface area contributed by atoms with Gasteiger partial charge in [-0.15, -0.1) is 0 Å². The number of nitrogens with zero attached hydrogens (tertiary/aromatic N) is 2. The Hall–Kier alpha value is -3.41. The van der Waals surface area contributed by atoms with Crippen LogP contribution in [-0.2, 0) is 18.3 Å². The number of aromatic nitrogens is 1. The minimum atomic E-state index is -1.63. The van der Waals surface area contributed by atoms with Gasteiger partial charge in [-0.2, -0.15) is 0 Å². The van der Waals surface area contributed by atoms with Crippen molar-refractivity contribution in [2.45, 2.75) is 18.4 Å². The monoisotopic (exact) mass is 374 g/mol. The SMILES string of the molecule is CN1C(=O)C2(CCc3c(c4ccccc4n(C)c3=O)O2)C(=O)c2ccccc21. The van der Waals surface area contributed by atoms with E-state index in [1.54, 1.807) is 42.9 Å². The Labute approximate surface area is 161 Å². The second-order valence-corrected chi connectivity index (χ2v) is 7.33. The normalized spacial score (nSPS) is 20.9. The molecule has 2 aliphatic rings. The second kappa shape index (κ2) is 5.55. The number of aryl methyl sites for hydroxylation is 1. The van der Waals surface area contributed by atoms with Gasteiger partial charge < -0.3 is 14.2 Å². The van der Waals surface area contributed by atoms with Crippen LogP contribution < -0.4 is 15.2 Å². The van der Waals surface area contributed by atoms with Gasteiger partial charge >= 0.3 is 0 Å². The molecule has 6 heteroatoms. The predicted octanol–water partition coefficient (Wildman–Crippen LogP) is 2.46. The Morgan fingerprint density at radius 1 is 0.964 bits per heavy atom.